The molecule has 0 atom stereocenters. The van der Waals surface area contributed by atoms with E-state index < -0.39 is 0 Å². The molecule has 0 aliphatic carbocycles. The first-order valence-electron chi connectivity index (χ1n) is 7.76. The lowest BCUT2D eigenvalue weighted by Crippen LogP contribution is -2.25. The topological polar surface area (TPSA) is 91.2 Å². The lowest BCUT2D eigenvalue weighted by atomic mass is 10.1. The fourth-order valence-corrected chi connectivity index (χ4v) is 2.40. The van der Waals surface area contributed by atoms with Crippen molar-refractivity contribution in [1.29, 1.82) is 5.26 Å². The Morgan fingerprint density at radius 2 is 2.00 bits per heavy atom. The van der Waals surface area contributed by atoms with Crippen LogP contribution in [0.25, 0.3) is 0 Å². The normalized spacial score (nSPS) is 9.80. The first kappa shape index (κ1) is 18.0. The molecule has 0 radical (unpaired) electrons. The molecular formula is C19H19N3O3. The lowest BCUT2D eigenvalue weighted by Gasteiger charge is -2.12. The monoisotopic (exact) mass is 337 g/mol. The number of rotatable bonds is 6. The molecule has 6 nitrogen and oxygen atoms in total. The van der Waals surface area contributed by atoms with E-state index in [9.17, 15) is 9.59 Å². The molecule has 2 rings (SSSR count). The van der Waals surface area contributed by atoms with Gasteiger partial charge in [-0.15, -0.1) is 0 Å². The molecule has 0 spiro atoms. The second kappa shape index (κ2) is 8.50. The zero-order valence-corrected chi connectivity index (χ0v) is 14.1. The minimum atomic E-state index is -0.242. The number of ether oxygens (including phenoxy) is 1. The first-order valence-corrected chi connectivity index (χ1v) is 7.76. The van der Waals surface area contributed by atoms with Crippen molar-refractivity contribution < 1.29 is 14.3 Å². The van der Waals surface area contributed by atoms with Crippen molar-refractivity contribution in [3.8, 4) is 11.8 Å². The number of nitrogens with zero attached hydrogens (tertiary/aromatic N) is 1. The molecule has 0 saturated heterocycles. The predicted octanol–water partition coefficient (Wildman–Crippen LogP) is 2.50. The van der Waals surface area contributed by atoms with Crippen LogP contribution < -0.4 is 15.4 Å². The highest BCUT2D eigenvalue weighted by Gasteiger charge is 2.09. The van der Waals surface area contributed by atoms with E-state index in [4.69, 9.17) is 10.00 Å². The molecule has 0 aliphatic heterocycles. The molecule has 2 aromatic carbocycles. The van der Waals surface area contributed by atoms with E-state index in [1.807, 2.05) is 12.1 Å². The Bertz CT molecular complexity index is 825. The van der Waals surface area contributed by atoms with Crippen LogP contribution in [0.5, 0.6) is 5.75 Å². The Kier molecular flexibility index (Phi) is 6.13. The van der Waals surface area contributed by atoms with E-state index in [2.05, 4.69) is 10.6 Å². The summed E-state index contributed by atoms with van der Waals surface area (Å²) in [5.74, 6) is 0.297. The molecule has 6 heteroatoms. The maximum Gasteiger partial charge on any atom is 0.251 e. The van der Waals surface area contributed by atoms with E-state index in [1.54, 1.807) is 43.5 Å². The van der Waals surface area contributed by atoms with Gasteiger partial charge in [0, 0.05) is 24.7 Å². The molecule has 2 amide bonds. The highest BCUT2D eigenvalue weighted by atomic mass is 16.5. The van der Waals surface area contributed by atoms with Gasteiger partial charge in [0.25, 0.3) is 5.91 Å². The molecule has 25 heavy (non-hydrogen) atoms. The number of methoxy groups -OCH3 is 1. The first-order chi connectivity index (χ1) is 12.0. The third-order valence-corrected chi connectivity index (χ3v) is 3.53. The van der Waals surface area contributed by atoms with Gasteiger partial charge in [-0.3, -0.25) is 9.59 Å². The van der Waals surface area contributed by atoms with Gasteiger partial charge in [0.15, 0.2) is 0 Å². The van der Waals surface area contributed by atoms with Gasteiger partial charge in [0.05, 0.1) is 18.7 Å². The van der Waals surface area contributed by atoms with Crippen LogP contribution in [0.2, 0.25) is 0 Å². The second-order valence-corrected chi connectivity index (χ2v) is 5.41. The van der Waals surface area contributed by atoms with Crippen LogP contribution in [0.4, 0.5) is 5.69 Å². The highest BCUT2D eigenvalue weighted by molar-refractivity contribution is 5.94. The molecule has 2 N–H and O–H groups in total. The molecule has 0 unspecified atom stereocenters. The standard InChI is InChI=1S/C19H19N3O3/c1-13(23)22-17-6-7-18(25-2)15(11-17)8-9-21-19(24)16-5-3-4-14(10-16)12-20/h3-7,10-11H,8-9H2,1-2H3,(H,21,24)(H,22,23). The van der Waals surface area contributed by atoms with Gasteiger partial charge in [-0.1, -0.05) is 6.07 Å². The van der Waals surface area contributed by atoms with Crippen molar-refractivity contribution in [1.82, 2.24) is 5.32 Å². The van der Waals surface area contributed by atoms with E-state index in [1.165, 1.54) is 6.92 Å². The number of amides is 2. The zero-order chi connectivity index (χ0) is 18.2. The van der Waals surface area contributed by atoms with Crippen LogP contribution in [0.15, 0.2) is 42.5 Å². The summed E-state index contributed by atoms with van der Waals surface area (Å²) in [4.78, 5) is 23.3. The van der Waals surface area contributed by atoms with Gasteiger partial charge in [-0.05, 0) is 48.4 Å². The summed E-state index contributed by atoms with van der Waals surface area (Å²) in [6.07, 6.45) is 0.542. The van der Waals surface area contributed by atoms with Gasteiger partial charge >= 0.3 is 0 Å². The summed E-state index contributed by atoms with van der Waals surface area (Å²) in [5, 5.41) is 14.4. The van der Waals surface area contributed by atoms with Crippen molar-refractivity contribution >= 4 is 17.5 Å². The smallest absolute Gasteiger partial charge is 0.251 e. The fraction of sp³-hybridized carbons (Fsp3) is 0.211. The van der Waals surface area contributed by atoms with Gasteiger partial charge in [-0.25, -0.2) is 0 Å². The number of nitriles is 1. The van der Waals surface area contributed by atoms with Gasteiger partial charge < -0.3 is 15.4 Å². The number of hydrogen-bond donors (Lipinski definition) is 2. The summed E-state index contributed by atoms with van der Waals surface area (Å²) < 4.78 is 5.32. The van der Waals surface area contributed by atoms with Crippen LogP contribution in [0.3, 0.4) is 0 Å². The summed E-state index contributed by atoms with van der Waals surface area (Å²) in [7, 11) is 1.57. The maximum atomic E-state index is 12.2. The average Bonchev–Trinajstić information content (AvgIpc) is 2.61. The van der Waals surface area contributed by atoms with Crippen LogP contribution >= 0.6 is 0 Å². The van der Waals surface area contributed by atoms with Crippen LogP contribution in [0, 0.1) is 11.3 Å². The van der Waals surface area contributed by atoms with Crippen molar-refractivity contribution in [2.75, 3.05) is 19.0 Å². The number of anilines is 1. The Morgan fingerprint density at radius 1 is 1.20 bits per heavy atom. The van der Waals surface area contributed by atoms with E-state index in [-0.39, 0.29) is 11.8 Å². The molecule has 128 valence electrons. The Hall–Kier alpha value is -3.33. The highest BCUT2D eigenvalue weighted by Crippen LogP contribution is 2.23. The third-order valence-electron chi connectivity index (χ3n) is 3.53. The molecule has 0 bridgehead atoms. The maximum absolute atomic E-state index is 12.2. The Labute approximate surface area is 146 Å². The molecule has 0 aliphatic rings. The molecule has 0 aromatic heterocycles. The molecule has 0 fully saturated rings. The van der Waals surface area contributed by atoms with Gasteiger partial charge in [-0.2, -0.15) is 5.26 Å². The summed E-state index contributed by atoms with van der Waals surface area (Å²) in [6.45, 7) is 1.84. The lowest BCUT2D eigenvalue weighted by molar-refractivity contribution is -0.114. The number of benzene rings is 2. The minimum absolute atomic E-state index is 0.151. The molecule has 0 heterocycles. The Balaban J connectivity index is 2.01. The number of nitrogens with one attached hydrogen (secondary N) is 2. The molecule has 0 saturated carbocycles. The van der Waals surface area contributed by atoms with Gasteiger partial charge in [0.1, 0.15) is 5.75 Å². The van der Waals surface area contributed by atoms with E-state index >= 15 is 0 Å². The van der Waals surface area contributed by atoms with Crippen molar-refractivity contribution in [3.63, 3.8) is 0 Å². The fourth-order valence-electron chi connectivity index (χ4n) is 2.40. The SMILES string of the molecule is COc1ccc(NC(C)=O)cc1CCNC(=O)c1cccc(C#N)c1. The summed E-state index contributed by atoms with van der Waals surface area (Å²) >= 11 is 0. The second-order valence-electron chi connectivity index (χ2n) is 5.41. The minimum Gasteiger partial charge on any atom is -0.496 e. The quantitative estimate of drug-likeness (QED) is 0.847. The number of carbonyl (C=O) groups is 2. The van der Waals surface area contributed by atoms with Crippen molar-refractivity contribution in [3.05, 3.63) is 59.2 Å². The van der Waals surface area contributed by atoms with E-state index in [0.29, 0.717) is 35.5 Å². The molecule has 2 aromatic rings. The summed E-state index contributed by atoms with van der Waals surface area (Å²) in [6, 6.07) is 13.9. The summed E-state index contributed by atoms with van der Waals surface area (Å²) in [5.41, 5.74) is 2.44. The van der Waals surface area contributed by atoms with Gasteiger partial charge in [0.2, 0.25) is 5.91 Å². The number of hydrogen-bond acceptors (Lipinski definition) is 4. The molecular weight excluding hydrogens is 318 g/mol. The van der Waals surface area contributed by atoms with Crippen LogP contribution in [-0.2, 0) is 11.2 Å². The van der Waals surface area contributed by atoms with Crippen molar-refractivity contribution in [2.24, 2.45) is 0 Å². The third kappa shape index (κ3) is 5.08. The predicted molar refractivity (Wildman–Crippen MR) is 94.5 cm³/mol. The average molecular weight is 337 g/mol. The largest absolute Gasteiger partial charge is 0.496 e. The number of carbonyl (C=O) groups excluding carboxylic acids is 2. The van der Waals surface area contributed by atoms with Crippen molar-refractivity contribution in [2.45, 2.75) is 13.3 Å². The van der Waals surface area contributed by atoms with Crippen LogP contribution in [-0.4, -0.2) is 25.5 Å². The zero-order valence-electron chi connectivity index (χ0n) is 14.1. The van der Waals surface area contributed by atoms with Crippen LogP contribution in [0.1, 0.15) is 28.4 Å². The Morgan fingerprint density at radius 3 is 2.68 bits per heavy atom. The van der Waals surface area contributed by atoms with E-state index in [0.717, 1.165) is 5.56 Å².